The first-order chi connectivity index (χ1) is 7.70. The van der Waals surface area contributed by atoms with Crippen LogP contribution in [0.1, 0.15) is 1.43 Å². The van der Waals surface area contributed by atoms with E-state index in [1.807, 2.05) is 12.2 Å². The zero-order valence-corrected chi connectivity index (χ0v) is 16.3. The summed E-state index contributed by atoms with van der Waals surface area (Å²) in [4.78, 5) is -2.45. The second kappa shape index (κ2) is 4.75. The van der Waals surface area contributed by atoms with Gasteiger partial charge in [0.1, 0.15) is 9.75 Å². The van der Waals surface area contributed by atoms with Crippen molar-refractivity contribution in [2.45, 2.75) is 19.5 Å². The number of halogens is 7. The van der Waals surface area contributed by atoms with Gasteiger partial charge < -0.3 is 1.43 Å². The Morgan fingerprint density at radius 1 is 0.944 bits per heavy atom. The van der Waals surface area contributed by atoms with Crippen LogP contribution < -0.4 is 29.6 Å². The molecular weight excluding hydrogens is 391 g/mol. The van der Waals surface area contributed by atoms with E-state index < -0.39 is 14.1 Å². The number of fused-ring (bicyclic) bond motifs is 5. The van der Waals surface area contributed by atoms with Crippen LogP contribution in [-0.4, -0.2) is 19.5 Å². The quantitative estimate of drug-likeness (QED) is 0.335. The molecule has 0 aromatic carbocycles. The van der Waals surface area contributed by atoms with Crippen molar-refractivity contribution in [3.63, 3.8) is 0 Å². The Balaban J connectivity index is 0.000000902. The number of alkyl halides is 5. The Hall–Kier alpha value is 2.51. The SMILES string of the molecule is ClC1=C(Cl)C2(Cl)C3C(Cl)C=CC3C1(Cl)C2(Cl)Cl.[H-].[Na+]. The Morgan fingerprint density at radius 3 is 2.00 bits per heavy atom. The third-order valence-corrected chi connectivity index (χ3v) is 8.61. The molecule has 3 aliphatic carbocycles. The number of rotatable bonds is 0. The van der Waals surface area contributed by atoms with Gasteiger partial charge in [-0.25, -0.2) is 0 Å². The van der Waals surface area contributed by atoms with E-state index in [9.17, 15) is 0 Å². The van der Waals surface area contributed by atoms with Crippen LogP contribution in [0.25, 0.3) is 0 Å². The average molecular weight is 397 g/mol. The van der Waals surface area contributed by atoms with Gasteiger partial charge in [-0.1, -0.05) is 58.6 Å². The maximum Gasteiger partial charge on any atom is 1.00 e. The normalized spacial score (nSPS) is 51.6. The second-order valence-corrected chi connectivity index (χ2v) is 8.29. The summed E-state index contributed by atoms with van der Waals surface area (Å²) in [5, 5.41) is 0.113. The maximum absolute atomic E-state index is 6.57. The van der Waals surface area contributed by atoms with Crippen molar-refractivity contribution in [1.82, 2.24) is 0 Å². The summed E-state index contributed by atoms with van der Waals surface area (Å²) in [6.45, 7) is 0. The van der Waals surface area contributed by atoms with Gasteiger partial charge in [0, 0.05) is 11.8 Å². The predicted octanol–water partition coefficient (Wildman–Crippen LogP) is 2.36. The van der Waals surface area contributed by atoms with Crippen LogP contribution in [0.3, 0.4) is 0 Å². The Morgan fingerprint density at radius 2 is 1.44 bits per heavy atom. The fraction of sp³-hybridized carbons (Fsp3) is 0.600. The fourth-order valence-corrected chi connectivity index (χ4v) is 6.60. The van der Waals surface area contributed by atoms with Crippen LogP contribution in [0, 0.1) is 11.8 Å². The molecule has 8 heteroatoms. The summed E-state index contributed by atoms with van der Waals surface area (Å²) in [7, 11) is 0. The first-order valence-corrected chi connectivity index (χ1v) is 7.55. The summed E-state index contributed by atoms with van der Waals surface area (Å²) in [5.41, 5.74) is 0. The monoisotopic (exact) mass is 394 g/mol. The van der Waals surface area contributed by atoms with E-state index >= 15 is 0 Å². The van der Waals surface area contributed by atoms with Gasteiger partial charge >= 0.3 is 29.6 Å². The molecule has 0 saturated heterocycles. The topological polar surface area (TPSA) is 0 Å². The Bertz CT molecular complexity index is 478. The summed E-state index contributed by atoms with van der Waals surface area (Å²) in [6.07, 6.45) is 3.69. The molecule has 0 aromatic heterocycles. The largest absolute Gasteiger partial charge is 1.00 e. The van der Waals surface area contributed by atoms with Crippen LogP contribution in [0.4, 0.5) is 0 Å². The van der Waals surface area contributed by atoms with Crippen molar-refractivity contribution in [3.8, 4) is 0 Å². The molecule has 0 nitrogen and oxygen atoms in total. The molecule has 3 rings (SSSR count). The molecule has 0 heterocycles. The molecular formula is C10H6Cl7Na. The molecule has 1 fully saturated rings. The van der Waals surface area contributed by atoms with E-state index in [4.69, 9.17) is 81.2 Å². The molecule has 0 N–H and O–H groups in total. The predicted molar refractivity (Wildman–Crippen MR) is 77.2 cm³/mol. The van der Waals surface area contributed by atoms with Crippen molar-refractivity contribution in [2.24, 2.45) is 11.8 Å². The maximum atomic E-state index is 6.57. The van der Waals surface area contributed by atoms with Gasteiger partial charge in [0.2, 0.25) is 0 Å². The molecule has 0 aliphatic heterocycles. The molecule has 0 radical (unpaired) electrons. The van der Waals surface area contributed by atoms with Crippen LogP contribution in [0.15, 0.2) is 22.2 Å². The molecule has 3 aliphatic rings. The molecule has 0 amide bonds. The molecule has 5 unspecified atom stereocenters. The van der Waals surface area contributed by atoms with Crippen LogP contribution in [-0.2, 0) is 0 Å². The van der Waals surface area contributed by atoms with Crippen LogP contribution in [0.5, 0.6) is 0 Å². The number of hydrogen-bond donors (Lipinski definition) is 0. The average Bonchev–Trinajstić information content (AvgIpc) is 2.73. The van der Waals surface area contributed by atoms with Gasteiger partial charge in [-0.15, -0.1) is 34.8 Å². The second-order valence-electron chi connectivity index (χ2n) is 4.51. The number of allylic oxidation sites excluding steroid dienone is 4. The van der Waals surface area contributed by atoms with E-state index in [0.717, 1.165) is 0 Å². The van der Waals surface area contributed by atoms with Gasteiger partial charge in [0.05, 0.1) is 15.4 Å². The molecule has 5 atom stereocenters. The third kappa shape index (κ3) is 1.50. The van der Waals surface area contributed by atoms with Gasteiger partial charge in [-0.2, -0.15) is 0 Å². The summed E-state index contributed by atoms with van der Waals surface area (Å²) < 4.78 is -1.48. The summed E-state index contributed by atoms with van der Waals surface area (Å²) in [6, 6.07) is 0. The zero-order valence-electron chi connectivity index (χ0n) is 10.0. The molecule has 0 spiro atoms. The van der Waals surface area contributed by atoms with Gasteiger partial charge in [0.15, 0.2) is 4.33 Å². The van der Waals surface area contributed by atoms with E-state index in [2.05, 4.69) is 0 Å². The van der Waals surface area contributed by atoms with E-state index in [-0.39, 0.29) is 58.3 Å². The molecule has 18 heavy (non-hydrogen) atoms. The smallest absolute Gasteiger partial charge is 1.00 e. The molecule has 96 valence electrons. The van der Waals surface area contributed by atoms with Gasteiger partial charge in [0.25, 0.3) is 0 Å². The number of hydrogen-bond acceptors (Lipinski definition) is 0. The minimum absolute atomic E-state index is 0. The molecule has 0 aromatic rings. The van der Waals surface area contributed by atoms with Crippen molar-refractivity contribution < 1.29 is 31.0 Å². The zero-order chi connectivity index (χ0) is 12.8. The van der Waals surface area contributed by atoms with E-state index in [0.29, 0.717) is 0 Å². The van der Waals surface area contributed by atoms with Crippen molar-refractivity contribution in [3.05, 3.63) is 22.2 Å². The molecule has 1 saturated carbocycles. The van der Waals surface area contributed by atoms with Crippen molar-refractivity contribution in [2.75, 3.05) is 0 Å². The van der Waals surface area contributed by atoms with E-state index in [1.165, 1.54) is 0 Å². The van der Waals surface area contributed by atoms with Crippen molar-refractivity contribution >= 4 is 81.2 Å². The van der Waals surface area contributed by atoms with Crippen molar-refractivity contribution in [1.29, 1.82) is 0 Å². The fourth-order valence-electron chi connectivity index (χ4n) is 3.08. The van der Waals surface area contributed by atoms with Gasteiger partial charge in [-0.05, 0) is 0 Å². The summed E-state index contributed by atoms with van der Waals surface area (Å²) in [5.74, 6) is -0.470. The third-order valence-electron chi connectivity index (χ3n) is 3.90. The first-order valence-electron chi connectivity index (χ1n) is 4.85. The minimum atomic E-state index is -1.48. The molecule has 2 bridgehead atoms. The standard InChI is InChI=1S/C10H5Cl7.Na.H/c11-4-2-1-3-5(4)9(15)7(13)6(12)8(3,14)10(9,16)17;;/h1-5H;;/q;+1;-1. The van der Waals surface area contributed by atoms with E-state index in [1.54, 1.807) is 0 Å². The first kappa shape index (κ1) is 16.9. The van der Waals surface area contributed by atoms with Crippen LogP contribution >= 0.6 is 81.2 Å². The Labute approximate surface area is 164 Å². The minimum Gasteiger partial charge on any atom is -1.00 e. The summed E-state index contributed by atoms with van der Waals surface area (Å²) >= 11 is 44.5. The Kier molecular flexibility index (Phi) is 4.45. The van der Waals surface area contributed by atoms with Crippen LogP contribution in [0.2, 0.25) is 0 Å². The van der Waals surface area contributed by atoms with Gasteiger partial charge in [-0.3, -0.25) is 0 Å².